The summed E-state index contributed by atoms with van der Waals surface area (Å²) in [5.74, 6) is 0.874. The highest BCUT2D eigenvalue weighted by Gasteiger charge is 2.14. The number of pyridine rings is 1. The van der Waals surface area contributed by atoms with Crippen molar-refractivity contribution >= 4 is 5.91 Å². The molecule has 1 aliphatic rings. The summed E-state index contributed by atoms with van der Waals surface area (Å²) in [6.07, 6.45) is 9.44. The van der Waals surface area contributed by atoms with Crippen molar-refractivity contribution in [3.63, 3.8) is 0 Å². The Morgan fingerprint density at radius 3 is 2.68 bits per heavy atom. The van der Waals surface area contributed by atoms with Gasteiger partial charge in [-0.1, -0.05) is 32.1 Å². The molecule has 0 radical (unpaired) electrons. The number of aromatic amines is 1. The number of amides is 1. The molecule has 0 unspecified atom stereocenters. The van der Waals surface area contributed by atoms with E-state index in [1.807, 2.05) is 19.9 Å². The maximum absolute atomic E-state index is 11.9. The van der Waals surface area contributed by atoms with E-state index >= 15 is 0 Å². The lowest BCUT2D eigenvalue weighted by Crippen LogP contribution is -2.27. The largest absolute Gasteiger partial charge is 0.352 e. The first-order chi connectivity index (χ1) is 10.6. The van der Waals surface area contributed by atoms with Gasteiger partial charge in [0.1, 0.15) is 0 Å². The first kappa shape index (κ1) is 16.8. The molecule has 0 aromatic carbocycles. The van der Waals surface area contributed by atoms with Gasteiger partial charge >= 0.3 is 0 Å². The molecule has 1 fully saturated rings. The Hall–Kier alpha value is -1.58. The van der Waals surface area contributed by atoms with Crippen molar-refractivity contribution in [2.75, 3.05) is 0 Å². The molecule has 4 nitrogen and oxygen atoms in total. The van der Waals surface area contributed by atoms with Crippen molar-refractivity contribution in [3.05, 3.63) is 33.2 Å². The molecule has 0 aliphatic heterocycles. The zero-order valence-corrected chi connectivity index (χ0v) is 13.8. The lowest BCUT2D eigenvalue weighted by atomic mass is 9.86. The van der Waals surface area contributed by atoms with Crippen LogP contribution in [-0.4, -0.2) is 10.9 Å². The van der Waals surface area contributed by atoms with Gasteiger partial charge in [0.2, 0.25) is 5.91 Å². The molecule has 1 aromatic heterocycles. The predicted octanol–water partition coefficient (Wildman–Crippen LogP) is 3.36. The third-order valence-corrected chi connectivity index (χ3v) is 4.70. The lowest BCUT2D eigenvalue weighted by Gasteiger charge is -2.21. The summed E-state index contributed by atoms with van der Waals surface area (Å²) in [5, 5.41) is 2.88. The molecule has 1 aromatic rings. The second kappa shape index (κ2) is 8.16. The SMILES string of the molecule is Cc1cc(C)c(CNC(=O)CCCC2CCCCC2)c(=O)[nH]1. The predicted molar refractivity (Wildman–Crippen MR) is 88.8 cm³/mol. The van der Waals surface area contributed by atoms with Crippen LogP contribution < -0.4 is 10.9 Å². The summed E-state index contributed by atoms with van der Waals surface area (Å²) in [7, 11) is 0. The number of hydrogen-bond acceptors (Lipinski definition) is 2. The van der Waals surface area contributed by atoms with Gasteiger partial charge in [-0.3, -0.25) is 9.59 Å². The molecule has 122 valence electrons. The van der Waals surface area contributed by atoms with E-state index in [-0.39, 0.29) is 11.5 Å². The van der Waals surface area contributed by atoms with Crippen LogP contribution in [0.5, 0.6) is 0 Å². The van der Waals surface area contributed by atoms with Crippen LogP contribution in [0.25, 0.3) is 0 Å². The fourth-order valence-corrected chi connectivity index (χ4v) is 3.40. The molecule has 0 saturated heterocycles. The number of carbonyl (C=O) groups is 1. The number of carbonyl (C=O) groups excluding carboxylic acids is 1. The monoisotopic (exact) mass is 304 g/mol. The molecule has 2 N–H and O–H groups in total. The minimum absolute atomic E-state index is 0.0511. The number of aromatic nitrogens is 1. The fraction of sp³-hybridized carbons (Fsp3) is 0.667. The second-order valence-corrected chi connectivity index (χ2v) is 6.62. The maximum atomic E-state index is 11.9. The number of nitrogens with one attached hydrogen (secondary N) is 2. The van der Waals surface area contributed by atoms with Crippen LogP contribution in [0.4, 0.5) is 0 Å². The maximum Gasteiger partial charge on any atom is 0.253 e. The highest BCUT2D eigenvalue weighted by molar-refractivity contribution is 5.75. The van der Waals surface area contributed by atoms with Crippen LogP contribution in [0.15, 0.2) is 10.9 Å². The Morgan fingerprint density at radius 2 is 2.00 bits per heavy atom. The molecule has 0 spiro atoms. The van der Waals surface area contributed by atoms with Gasteiger partial charge in [-0.05, 0) is 44.2 Å². The molecule has 1 aliphatic carbocycles. The summed E-state index contributed by atoms with van der Waals surface area (Å²) >= 11 is 0. The van der Waals surface area contributed by atoms with Crippen LogP contribution in [0.1, 0.15) is 68.2 Å². The van der Waals surface area contributed by atoms with Crippen LogP contribution in [0.3, 0.4) is 0 Å². The minimum Gasteiger partial charge on any atom is -0.352 e. The fourth-order valence-electron chi connectivity index (χ4n) is 3.40. The Morgan fingerprint density at radius 1 is 1.27 bits per heavy atom. The molecule has 0 bridgehead atoms. The average Bonchev–Trinajstić information content (AvgIpc) is 2.47. The van der Waals surface area contributed by atoms with Gasteiger partial charge in [-0.15, -0.1) is 0 Å². The molecule has 2 rings (SSSR count). The van der Waals surface area contributed by atoms with Crippen LogP contribution >= 0.6 is 0 Å². The molecule has 1 amide bonds. The Bertz CT molecular complexity index is 557. The molecular formula is C18H28N2O2. The Labute approximate surface area is 132 Å². The van der Waals surface area contributed by atoms with E-state index in [1.54, 1.807) is 0 Å². The number of H-pyrrole nitrogens is 1. The highest BCUT2D eigenvalue weighted by Crippen LogP contribution is 2.27. The van der Waals surface area contributed by atoms with Crippen molar-refractivity contribution in [2.24, 2.45) is 5.92 Å². The normalized spacial score (nSPS) is 15.7. The highest BCUT2D eigenvalue weighted by atomic mass is 16.1. The molecule has 1 saturated carbocycles. The Balaban J connectivity index is 1.72. The summed E-state index contributed by atoms with van der Waals surface area (Å²) in [6.45, 7) is 4.10. The van der Waals surface area contributed by atoms with Gasteiger partial charge in [0.15, 0.2) is 0 Å². The zero-order chi connectivity index (χ0) is 15.9. The zero-order valence-electron chi connectivity index (χ0n) is 13.8. The third kappa shape index (κ3) is 5.00. The topological polar surface area (TPSA) is 62.0 Å². The average molecular weight is 304 g/mol. The van der Waals surface area contributed by atoms with Gasteiger partial charge in [-0.25, -0.2) is 0 Å². The molecular weight excluding hydrogens is 276 g/mol. The second-order valence-electron chi connectivity index (χ2n) is 6.62. The summed E-state index contributed by atoms with van der Waals surface area (Å²) < 4.78 is 0. The van der Waals surface area contributed by atoms with Crippen molar-refractivity contribution in [1.29, 1.82) is 0 Å². The van der Waals surface area contributed by atoms with E-state index < -0.39 is 0 Å². The number of rotatable bonds is 6. The van der Waals surface area contributed by atoms with Crippen LogP contribution in [0.2, 0.25) is 0 Å². The van der Waals surface area contributed by atoms with Crippen molar-refractivity contribution < 1.29 is 4.79 Å². The van der Waals surface area contributed by atoms with Gasteiger partial charge in [0.05, 0.1) is 0 Å². The molecule has 1 heterocycles. The van der Waals surface area contributed by atoms with Crippen molar-refractivity contribution in [1.82, 2.24) is 10.3 Å². The van der Waals surface area contributed by atoms with Crippen molar-refractivity contribution in [2.45, 2.75) is 71.8 Å². The van der Waals surface area contributed by atoms with Crippen LogP contribution in [-0.2, 0) is 11.3 Å². The van der Waals surface area contributed by atoms with Gasteiger partial charge in [0.25, 0.3) is 5.56 Å². The van der Waals surface area contributed by atoms with Gasteiger partial charge in [-0.2, -0.15) is 0 Å². The van der Waals surface area contributed by atoms with E-state index in [9.17, 15) is 9.59 Å². The minimum atomic E-state index is -0.0972. The molecule has 0 atom stereocenters. The lowest BCUT2D eigenvalue weighted by molar-refractivity contribution is -0.121. The van der Waals surface area contributed by atoms with Gasteiger partial charge < -0.3 is 10.3 Å². The number of hydrogen-bond donors (Lipinski definition) is 2. The third-order valence-electron chi connectivity index (χ3n) is 4.70. The smallest absolute Gasteiger partial charge is 0.253 e. The van der Waals surface area contributed by atoms with E-state index in [2.05, 4.69) is 10.3 Å². The van der Waals surface area contributed by atoms with Gasteiger partial charge in [0, 0.05) is 24.2 Å². The van der Waals surface area contributed by atoms with E-state index in [0.29, 0.717) is 18.5 Å². The van der Waals surface area contributed by atoms with E-state index in [4.69, 9.17) is 0 Å². The Kier molecular flexibility index (Phi) is 6.22. The first-order valence-electron chi connectivity index (χ1n) is 8.52. The van der Waals surface area contributed by atoms with Crippen LogP contribution in [0, 0.1) is 19.8 Å². The quantitative estimate of drug-likeness (QED) is 0.846. The number of aryl methyl sites for hydroxylation is 2. The van der Waals surface area contributed by atoms with Crippen molar-refractivity contribution in [3.8, 4) is 0 Å². The molecule has 22 heavy (non-hydrogen) atoms. The summed E-state index contributed by atoms with van der Waals surface area (Å²) in [6, 6.07) is 1.94. The standard InChI is InChI=1S/C18H28N2O2/c1-13-11-14(2)20-18(22)16(13)12-19-17(21)10-6-9-15-7-4-3-5-8-15/h11,15H,3-10,12H2,1-2H3,(H,19,21)(H,20,22). The first-order valence-corrected chi connectivity index (χ1v) is 8.52. The summed E-state index contributed by atoms with van der Waals surface area (Å²) in [4.78, 5) is 26.6. The summed E-state index contributed by atoms with van der Waals surface area (Å²) in [5.41, 5.74) is 2.35. The van der Waals surface area contributed by atoms with E-state index in [1.165, 1.54) is 32.1 Å². The van der Waals surface area contributed by atoms with E-state index in [0.717, 1.165) is 30.0 Å². The molecule has 4 heteroatoms.